The van der Waals surface area contributed by atoms with Crippen LogP contribution in [0.2, 0.25) is 10.0 Å². The highest BCUT2D eigenvalue weighted by Gasteiger charge is 2.37. The highest BCUT2D eigenvalue weighted by molar-refractivity contribution is 6.31. The first kappa shape index (κ1) is 19.7. The maximum absolute atomic E-state index is 13.2. The lowest BCUT2D eigenvalue weighted by molar-refractivity contribution is -0.131. The number of rotatable bonds is 4. The van der Waals surface area contributed by atoms with Gasteiger partial charge in [0.25, 0.3) is 5.91 Å². The van der Waals surface area contributed by atoms with Crippen molar-refractivity contribution in [2.75, 3.05) is 11.4 Å². The second-order valence-corrected chi connectivity index (χ2v) is 7.78. The van der Waals surface area contributed by atoms with Crippen LogP contribution >= 0.6 is 23.2 Å². The number of hydrogen-bond acceptors (Lipinski definition) is 3. The van der Waals surface area contributed by atoms with E-state index >= 15 is 0 Å². The number of fused-ring (bicyclic) bond motifs is 1. The molecule has 0 fully saturated rings. The number of carbonyl (C=O) groups excluding carboxylic acids is 1. The molecule has 2 unspecified atom stereocenters. The van der Waals surface area contributed by atoms with Crippen LogP contribution in [-0.4, -0.2) is 18.6 Å². The molecule has 0 radical (unpaired) electrons. The minimum Gasteiger partial charge on any atom is -0.354 e. The van der Waals surface area contributed by atoms with Gasteiger partial charge in [0, 0.05) is 33.4 Å². The largest absolute Gasteiger partial charge is 0.354 e. The summed E-state index contributed by atoms with van der Waals surface area (Å²) in [5.41, 5.74) is 2.25. The first-order chi connectivity index (χ1) is 12.9. The predicted octanol–water partition coefficient (Wildman–Crippen LogP) is 5.38. The summed E-state index contributed by atoms with van der Waals surface area (Å²) in [4.78, 5) is 14.9. The Hall–Kier alpha value is -2.06. The van der Waals surface area contributed by atoms with E-state index in [1.807, 2.05) is 38.1 Å². The molecule has 140 valence electrons. The van der Waals surface area contributed by atoms with Crippen molar-refractivity contribution in [3.63, 3.8) is 0 Å². The first-order valence-electron chi connectivity index (χ1n) is 8.80. The maximum atomic E-state index is 13.2. The number of benzene rings is 2. The van der Waals surface area contributed by atoms with Crippen molar-refractivity contribution < 1.29 is 9.53 Å². The van der Waals surface area contributed by atoms with Crippen molar-refractivity contribution in [1.82, 2.24) is 0 Å². The van der Waals surface area contributed by atoms with E-state index in [-0.39, 0.29) is 18.2 Å². The third kappa shape index (κ3) is 4.11. The molecule has 2 atom stereocenters. The average molecular weight is 403 g/mol. The summed E-state index contributed by atoms with van der Waals surface area (Å²) < 4.78 is 6.17. The summed E-state index contributed by atoms with van der Waals surface area (Å²) in [7, 11) is 0. The van der Waals surface area contributed by atoms with E-state index in [1.165, 1.54) is 0 Å². The fourth-order valence-corrected chi connectivity index (χ4v) is 3.69. The first-order valence-corrected chi connectivity index (χ1v) is 9.55. The standard InChI is InChI=1S/C21H20Cl2N2O2/c1-13(2)12-25-18-8-7-14(22)11-16(18)20(15-5-3-4-6-17(15)23)27-19(9-10-24)21(25)26/h3-8,11,13,19-20H,9,12H2,1-2H3. The molecule has 4 nitrogen and oxygen atoms in total. The van der Waals surface area contributed by atoms with Gasteiger partial charge in [0.1, 0.15) is 6.10 Å². The highest BCUT2D eigenvalue weighted by Crippen LogP contribution is 2.41. The van der Waals surface area contributed by atoms with Crippen LogP contribution in [0.1, 0.15) is 37.5 Å². The second-order valence-electron chi connectivity index (χ2n) is 6.93. The van der Waals surface area contributed by atoms with Crippen LogP contribution in [0.5, 0.6) is 0 Å². The Morgan fingerprint density at radius 1 is 1.19 bits per heavy atom. The van der Waals surface area contributed by atoms with Gasteiger partial charge < -0.3 is 9.64 Å². The van der Waals surface area contributed by atoms with Gasteiger partial charge in [0.15, 0.2) is 6.10 Å². The Morgan fingerprint density at radius 2 is 1.93 bits per heavy atom. The van der Waals surface area contributed by atoms with E-state index in [0.29, 0.717) is 16.6 Å². The van der Waals surface area contributed by atoms with Crippen molar-refractivity contribution in [3.8, 4) is 6.07 Å². The second kappa shape index (κ2) is 8.31. The van der Waals surface area contributed by atoms with Gasteiger partial charge in [-0.2, -0.15) is 5.26 Å². The lowest BCUT2D eigenvalue weighted by atomic mass is 9.99. The molecule has 1 aliphatic rings. The van der Waals surface area contributed by atoms with Gasteiger partial charge in [-0.1, -0.05) is 55.2 Å². The SMILES string of the molecule is CC(C)CN1C(=O)C(CC#N)OC(c2ccccc2Cl)c2cc(Cl)ccc21. The highest BCUT2D eigenvalue weighted by atomic mass is 35.5. The molecule has 1 heterocycles. The summed E-state index contributed by atoms with van der Waals surface area (Å²) >= 11 is 12.7. The molecule has 27 heavy (non-hydrogen) atoms. The zero-order chi connectivity index (χ0) is 19.6. The molecule has 2 aromatic rings. The lowest BCUT2D eigenvalue weighted by Gasteiger charge is -2.26. The number of hydrogen-bond donors (Lipinski definition) is 0. The lowest BCUT2D eigenvalue weighted by Crippen LogP contribution is -2.41. The molecule has 0 bridgehead atoms. The van der Waals surface area contributed by atoms with E-state index in [2.05, 4.69) is 6.07 Å². The van der Waals surface area contributed by atoms with Gasteiger partial charge in [-0.05, 0) is 30.2 Å². The molecule has 0 aliphatic carbocycles. The average Bonchev–Trinajstić information content (AvgIpc) is 2.73. The van der Waals surface area contributed by atoms with Gasteiger partial charge in [0.2, 0.25) is 0 Å². The van der Waals surface area contributed by atoms with E-state index in [0.717, 1.165) is 16.8 Å². The smallest absolute Gasteiger partial charge is 0.257 e. The van der Waals surface area contributed by atoms with Crippen LogP contribution < -0.4 is 4.90 Å². The van der Waals surface area contributed by atoms with Gasteiger partial charge in [0.05, 0.1) is 12.5 Å². The molecule has 0 spiro atoms. The van der Waals surface area contributed by atoms with Crippen LogP contribution in [0.4, 0.5) is 5.69 Å². The van der Waals surface area contributed by atoms with Crippen LogP contribution in [0.15, 0.2) is 42.5 Å². The molecule has 0 aromatic heterocycles. The Bertz CT molecular complexity index is 892. The van der Waals surface area contributed by atoms with Crippen LogP contribution in [0.3, 0.4) is 0 Å². The van der Waals surface area contributed by atoms with Crippen molar-refractivity contribution in [2.45, 2.75) is 32.5 Å². The number of carbonyl (C=O) groups is 1. The zero-order valence-corrected chi connectivity index (χ0v) is 16.7. The van der Waals surface area contributed by atoms with Crippen molar-refractivity contribution in [2.24, 2.45) is 5.92 Å². The predicted molar refractivity (Wildman–Crippen MR) is 107 cm³/mol. The molecule has 2 aromatic carbocycles. The normalized spacial score (nSPS) is 19.6. The Labute approximate surface area is 169 Å². The Balaban J connectivity index is 2.21. The van der Waals surface area contributed by atoms with Crippen LogP contribution in [0.25, 0.3) is 0 Å². The Morgan fingerprint density at radius 3 is 2.59 bits per heavy atom. The molecule has 3 rings (SSSR count). The number of anilines is 1. The van der Waals surface area contributed by atoms with E-state index < -0.39 is 12.2 Å². The van der Waals surface area contributed by atoms with E-state index in [1.54, 1.807) is 23.1 Å². The van der Waals surface area contributed by atoms with Crippen molar-refractivity contribution in [1.29, 1.82) is 5.26 Å². The molecule has 0 saturated carbocycles. The fraction of sp³-hybridized carbons (Fsp3) is 0.333. The maximum Gasteiger partial charge on any atom is 0.257 e. The van der Waals surface area contributed by atoms with E-state index in [4.69, 9.17) is 27.9 Å². The summed E-state index contributed by atoms with van der Waals surface area (Å²) in [5, 5.41) is 10.3. The summed E-state index contributed by atoms with van der Waals surface area (Å²) in [6, 6.07) is 14.8. The van der Waals surface area contributed by atoms with Crippen LogP contribution in [-0.2, 0) is 9.53 Å². The van der Waals surface area contributed by atoms with Crippen molar-refractivity contribution in [3.05, 3.63) is 63.6 Å². The minimum absolute atomic E-state index is 0.0316. The number of amides is 1. The summed E-state index contributed by atoms with van der Waals surface area (Å²) in [5.74, 6) is 0.0282. The minimum atomic E-state index is -0.874. The summed E-state index contributed by atoms with van der Waals surface area (Å²) in [6.45, 7) is 4.60. The third-order valence-electron chi connectivity index (χ3n) is 4.42. The van der Waals surface area contributed by atoms with Crippen LogP contribution in [0, 0.1) is 17.2 Å². The van der Waals surface area contributed by atoms with Gasteiger partial charge in [-0.3, -0.25) is 4.79 Å². The molecule has 6 heteroatoms. The number of nitriles is 1. The van der Waals surface area contributed by atoms with E-state index in [9.17, 15) is 10.1 Å². The molecular weight excluding hydrogens is 383 g/mol. The zero-order valence-electron chi connectivity index (χ0n) is 15.2. The molecule has 1 aliphatic heterocycles. The van der Waals surface area contributed by atoms with Crippen molar-refractivity contribution >= 4 is 34.8 Å². The molecule has 1 amide bonds. The topological polar surface area (TPSA) is 53.3 Å². The summed E-state index contributed by atoms with van der Waals surface area (Å²) in [6.07, 6.45) is -1.50. The number of nitrogens with zero attached hydrogens (tertiary/aromatic N) is 2. The van der Waals surface area contributed by atoms with Gasteiger partial charge in [-0.15, -0.1) is 0 Å². The quantitative estimate of drug-likeness (QED) is 0.688. The molecule has 0 saturated heterocycles. The van der Waals surface area contributed by atoms with Gasteiger partial charge in [-0.25, -0.2) is 0 Å². The fourth-order valence-electron chi connectivity index (χ4n) is 3.27. The number of ether oxygens (including phenoxy) is 1. The monoisotopic (exact) mass is 402 g/mol. The third-order valence-corrected chi connectivity index (χ3v) is 5.00. The number of halogens is 2. The molecule has 0 N–H and O–H groups in total. The van der Waals surface area contributed by atoms with Gasteiger partial charge >= 0.3 is 0 Å². The Kier molecular flexibility index (Phi) is 6.06. The molecular formula is C21H20Cl2N2O2.